The predicted octanol–water partition coefficient (Wildman–Crippen LogP) is -0.108. The number of nitrogens with one attached hydrogen (secondary N) is 1. The molecule has 0 unspecified atom stereocenters. The molecule has 0 aliphatic carbocycles. The lowest BCUT2D eigenvalue weighted by atomic mass is 10.2. The maximum Gasteiger partial charge on any atom is 0.337 e. The molecule has 0 amide bonds. The van der Waals surface area contributed by atoms with Crippen LogP contribution in [0.25, 0.3) is 0 Å². The van der Waals surface area contributed by atoms with Gasteiger partial charge in [-0.1, -0.05) is 0 Å². The van der Waals surface area contributed by atoms with Gasteiger partial charge in [-0.3, -0.25) is 0 Å². The van der Waals surface area contributed by atoms with E-state index in [4.69, 9.17) is 15.6 Å². The van der Waals surface area contributed by atoms with Gasteiger partial charge in [0, 0.05) is 19.3 Å². The molecule has 0 atom stereocenters. The molecule has 0 aromatic heterocycles. The number of nitrogens with two attached hydrogens (primary N) is 1. The number of rotatable bonds is 6. The molecule has 0 radical (unpaired) electrons. The van der Waals surface area contributed by atoms with Crippen LogP contribution in [-0.4, -0.2) is 39.8 Å². The van der Waals surface area contributed by atoms with Crippen LogP contribution in [0.1, 0.15) is 10.4 Å². The number of hydrogen-bond donors (Lipinski definition) is 3. The van der Waals surface area contributed by atoms with Gasteiger partial charge in [-0.25, -0.2) is 17.9 Å². The van der Waals surface area contributed by atoms with Gasteiger partial charge in [0.25, 0.3) is 0 Å². The van der Waals surface area contributed by atoms with Gasteiger partial charge in [0.15, 0.2) is 0 Å². The SMILES string of the molecule is COCCNS(=O)(=O)c1ccc(N)cc1C(=O)O. The van der Waals surface area contributed by atoms with Crippen LogP contribution >= 0.6 is 0 Å². The second-order valence-corrected chi connectivity index (χ2v) is 5.19. The van der Waals surface area contributed by atoms with Crippen LogP contribution in [0.3, 0.4) is 0 Å². The van der Waals surface area contributed by atoms with Crippen LogP contribution in [-0.2, 0) is 14.8 Å². The number of carboxylic acids is 1. The molecular formula is C10H14N2O5S. The molecule has 0 fully saturated rings. The maximum absolute atomic E-state index is 11.9. The summed E-state index contributed by atoms with van der Waals surface area (Å²) >= 11 is 0. The van der Waals surface area contributed by atoms with Crippen LogP contribution in [0.4, 0.5) is 5.69 Å². The Morgan fingerprint density at radius 1 is 1.50 bits per heavy atom. The lowest BCUT2D eigenvalue weighted by Crippen LogP contribution is -2.28. The monoisotopic (exact) mass is 274 g/mol. The van der Waals surface area contributed by atoms with Crippen LogP contribution in [0, 0.1) is 0 Å². The molecule has 7 nitrogen and oxygen atoms in total. The van der Waals surface area contributed by atoms with Crippen molar-refractivity contribution in [1.82, 2.24) is 4.72 Å². The summed E-state index contributed by atoms with van der Waals surface area (Å²) in [5.41, 5.74) is 5.25. The molecule has 0 spiro atoms. The molecule has 0 aliphatic heterocycles. The van der Waals surface area contributed by atoms with E-state index in [1.54, 1.807) is 0 Å². The van der Waals surface area contributed by atoms with Gasteiger partial charge < -0.3 is 15.6 Å². The number of sulfonamides is 1. The van der Waals surface area contributed by atoms with Gasteiger partial charge in [0.1, 0.15) is 0 Å². The molecule has 0 saturated carbocycles. The van der Waals surface area contributed by atoms with Gasteiger partial charge >= 0.3 is 5.97 Å². The predicted molar refractivity (Wildman–Crippen MR) is 64.9 cm³/mol. The number of ether oxygens (including phenoxy) is 1. The first-order chi connectivity index (χ1) is 8.38. The molecule has 0 bridgehead atoms. The van der Waals surface area contributed by atoms with E-state index in [0.29, 0.717) is 0 Å². The highest BCUT2D eigenvalue weighted by Crippen LogP contribution is 2.18. The molecule has 1 aromatic rings. The van der Waals surface area contributed by atoms with Crippen LogP contribution in [0.2, 0.25) is 0 Å². The third-order valence-electron chi connectivity index (χ3n) is 2.12. The first-order valence-electron chi connectivity index (χ1n) is 5.00. The summed E-state index contributed by atoms with van der Waals surface area (Å²) in [6.45, 7) is 0.249. The van der Waals surface area contributed by atoms with E-state index in [0.717, 1.165) is 12.1 Å². The van der Waals surface area contributed by atoms with E-state index in [2.05, 4.69) is 4.72 Å². The summed E-state index contributed by atoms with van der Waals surface area (Å²) in [5, 5.41) is 8.95. The highest BCUT2D eigenvalue weighted by atomic mass is 32.2. The van der Waals surface area contributed by atoms with Gasteiger partial charge in [0.2, 0.25) is 10.0 Å². The summed E-state index contributed by atoms with van der Waals surface area (Å²) in [4.78, 5) is 10.7. The molecule has 0 saturated heterocycles. The lowest BCUT2D eigenvalue weighted by molar-refractivity contribution is 0.0692. The van der Waals surface area contributed by atoms with Crippen LogP contribution < -0.4 is 10.5 Å². The lowest BCUT2D eigenvalue weighted by Gasteiger charge is -2.09. The first kappa shape index (κ1) is 14.4. The van der Waals surface area contributed by atoms with Crippen molar-refractivity contribution in [2.75, 3.05) is 26.0 Å². The number of benzene rings is 1. The second-order valence-electron chi connectivity index (χ2n) is 3.45. The summed E-state index contributed by atoms with van der Waals surface area (Å²) in [6, 6.07) is 3.60. The molecule has 18 heavy (non-hydrogen) atoms. The van der Waals surface area contributed by atoms with Crippen LogP contribution in [0.15, 0.2) is 23.1 Å². The van der Waals surface area contributed by atoms with Crippen molar-refractivity contribution in [3.05, 3.63) is 23.8 Å². The zero-order valence-corrected chi connectivity index (χ0v) is 10.5. The Bertz CT molecular complexity index is 541. The fourth-order valence-corrected chi connectivity index (χ4v) is 2.50. The van der Waals surface area contributed by atoms with Gasteiger partial charge in [0.05, 0.1) is 17.1 Å². The quantitative estimate of drug-likeness (QED) is 0.492. The molecule has 8 heteroatoms. The normalized spacial score (nSPS) is 11.4. The minimum Gasteiger partial charge on any atom is -0.478 e. The standard InChI is InChI=1S/C10H14N2O5S/c1-17-5-4-12-18(15,16)9-3-2-7(11)6-8(9)10(13)14/h2-3,6,12H,4-5,11H2,1H3,(H,13,14). The molecule has 0 aliphatic rings. The summed E-state index contributed by atoms with van der Waals surface area (Å²) in [7, 11) is -2.46. The number of nitrogen functional groups attached to an aromatic ring is 1. The summed E-state index contributed by atoms with van der Waals surface area (Å²) < 4.78 is 30.7. The number of anilines is 1. The smallest absolute Gasteiger partial charge is 0.337 e. The number of aromatic carboxylic acids is 1. The molecule has 100 valence electrons. The van der Waals surface area contributed by atoms with E-state index in [1.807, 2.05) is 0 Å². The molecule has 1 aromatic carbocycles. The van der Waals surface area contributed by atoms with E-state index in [1.165, 1.54) is 13.2 Å². The zero-order valence-electron chi connectivity index (χ0n) is 9.71. The van der Waals surface area contributed by atoms with Crippen molar-refractivity contribution in [3.63, 3.8) is 0 Å². The number of hydrogen-bond acceptors (Lipinski definition) is 5. The number of carboxylic acid groups (broad SMARTS) is 1. The Kier molecular flexibility index (Phi) is 4.65. The van der Waals surface area contributed by atoms with Crippen LogP contribution in [0.5, 0.6) is 0 Å². The van der Waals surface area contributed by atoms with E-state index >= 15 is 0 Å². The Morgan fingerprint density at radius 2 is 2.17 bits per heavy atom. The van der Waals surface area contributed by atoms with Crippen molar-refractivity contribution in [3.8, 4) is 0 Å². The fraction of sp³-hybridized carbons (Fsp3) is 0.300. The van der Waals surface area contributed by atoms with E-state index in [-0.39, 0.29) is 29.3 Å². The maximum atomic E-state index is 11.9. The van der Waals surface area contributed by atoms with Crippen molar-refractivity contribution in [1.29, 1.82) is 0 Å². The first-order valence-corrected chi connectivity index (χ1v) is 6.48. The Balaban J connectivity index is 3.12. The largest absolute Gasteiger partial charge is 0.478 e. The summed E-state index contributed by atoms with van der Waals surface area (Å²) in [6.07, 6.45) is 0. The second kappa shape index (κ2) is 5.80. The highest BCUT2D eigenvalue weighted by molar-refractivity contribution is 7.89. The third-order valence-corrected chi connectivity index (χ3v) is 3.64. The Labute approximate surface area is 105 Å². The van der Waals surface area contributed by atoms with E-state index < -0.39 is 16.0 Å². The fourth-order valence-electron chi connectivity index (χ4n) is 1.30. The average Bonchev–Trinajstić information content (AvgIpc) is 2.28. The molecule has 1 rings (SSSR count). The number of methoxy groups -OCH3 is 1. The van der Waals surface area contributed by atoms with Gasteiger partial charge in [-0.15, -0.1) is 0 Å². The zero-order chi connectivity index (χ0) is 13.8. The van der Waals surface area contributed by atoms with Gasteiger partial charge in [-0.05, 0) is 18.2 Å². The Hall–Kier alpha value is -1.64. The van der Waals surface area contributed by atoms with Crippen molar-refractivity contribution >= 4 is 21.7 Å². The minimum atomic E-state index is -3.89. The third kappa shape index (κ3) is 3.42. The summed E-state index contributed by atoms with van der Waals surface area (Å²) in [5.74, 6) is -1.35. The topological polar surface area (TPSA) is 119 Å². The molecule has 4 N–H and O–H groups in total. The minimum absolute atomic E-state index is 0.0578. The molecule has 0 heterocycles. The van der Waals surface area contributed by atoms with Crippen molar-refractivity contribution < 1.29 is 23.1 Å². The number of carbonyl (C=O) groups is 1. The van der Waals surface area contributed by atoms with Crippen molar-refractivity contribution in [2.45, 2.75) is 4.90 Å². The Morgan fingerprint density at radius 3 is 2.72 bits per heavy atom. The van der Waals surface area contributed by atoms with Gasteiger partial charge in [-0.2, -0.15) is 0 Å². The molecular weight excluding hydrogens is 260 g/mol. The van der Waals surface area contributed by atoms with E-state index in [9.17, 15) is 13.2 Å². The highest BCUT2D eigenvalue weighted by Gasteiger charge is 2.21. The van der Waals surface area contributed by atoms with Crippen molar-refractivity contribution in [2.24, 2.45) is 0 Å². The average molecular weight is 274 g/mol.